The molecule has 2 aromatic heterocycles. The van der Waals surface area contributed by atoms with E-state index in [4.69, 9.17) is 4.74 Å². The number of nitrogens with one attached hydrogen (secondary N) is 1. The number of aryl methyl sites for hydroxylation is 1. The first-order valence-corrected chi connectivity index (χ1v) is 9.76. The summed E-state index contributed by atoms with van der Waals surface area (Å²) in [6, 6.07) is 7.70. The first-order valence-electron chi connectivity index (χ1n) is 9.76. The number of ether oxygens (including phenoxy) is 1. The van der Waals surface area contributed by atoms with Crippen molar-refractivity contribution >= 4 is 11.0 Å². The summed E-state index contributed by atoms with van der Waals surface area (Å²) in [4.78, 5) is 8.61. The van der Waals surface area contributed by atoms with Gasteiger partial charge < -0.3 is 24.8 Å². The summed E-state index contributed by atoms with van der Waals surface area (Å²) in [5, 5.41) is 25.7. The molecule has 0 spiro atoms. The van der Waals surface area contributed by atoms with Gasteiger partial charge in [-0.2, -0.15) is 0 Å². The van der Waals surface area contributed by atoms with Gasteiger partial charge in [-0.05, 0) is 43.1 Å². The van der Waals surface area contributed by atoms with Crippen LogP contribution in [0.25, 0.3) is 11.0 Å². The molecule has 0 amide bonds. The number of aliphatic hydroxyl groups excluding tert-OH is 2. The van der Waals surface area contributed by atoms with Crippen LogP contribution in [0.5, 0.6) is 5.75 Å². The minimum atomic E-state index is -0.956. The smallest absolute Gasteiger partial charge is 0.143 e. The fourth-order valence-corrected chi connectivity index (χ4v) is 4.50. The largest absolute Gasteiger partial charge is 0.487 e. The lowest BCUT2D eigenvalue weighted by Crippen LogP contribution is -2.34. The van der Waals surface area contributed by atoms with Gasteiger partial charge in [-0.1, -0.05) is 12.1 Å². The van der Waals surface area contributed by atoms with Crippen molar-refractivity contribution in [1.82, 2.24) is 19.9 Å². The van der Waals surface area contributed by atoms with Gasteiger partial charge in [0.25, 0.3) is 0 Å². The van der Waals surface area contributed by atoms with E-state index >= 15 is 0 Å². The topological polar surface area (TPSA) is 92.4 Å². The van der Waals surface area contributed by atoms with Gasteiger partial charge >= 0.3 is 0 Å². The first-order chi connectivity index (χ1) is 13.6. The zero-order chi connectivity index (χ0) is 19.3. The second-order valence-electron chi connectivity index (χ2n) is 7.68. The Morgan fingerprint density at radius 2 is 2.07 bits per heavy atom. The predicted molar refractivity (Wildman–Crippen MR) is 104 cm³/mol. The minimum absolute atomic E-state index is 0.298. The zero-order valence-corrected chi connectivity index (χ0v) is 15.7. The van der Waals surface area contributed by atoms with Crippen molar-refractivity contribution in [1.29, 1.82) is 0 Å². The van der Waals surface area contributed by atoms with Crippen LogP contribution in [-0.4, -0.2) is 49.6 Å². The number of nitrogens with zero attached hydrogens (tertiary/aromatic N) is 3. The van der Waals surface area contributed by atoms with E-state index in [-0.39, 0.29) is 6.04 Å². The Morgan fingerprint density at radius 1 is 1.18 bits per heavy atom. The number of hydrogen-bond donors (Lipinski definition) is 3. The quantitative estimate of drug-likeness (QED) is 0.638. The number of hydrogen-bond acceptors (Lipinski definition) is 6. The maximum absolute atomic E-state index is 10.7. The van der Waals surface area contributed by atoms with Gasteiger partial charge in [0, 0.05) is 24.5 Å². The number of aromatic nitrogens is 3. The average Bonchev–Trinajstić information content (AvgIpc) is 3.26. The molecule has 3 aromatic rings. The molecular weight excluding hydrogens is 356 g/mol. The molecule has 1 aromatic carbocycles. The van der Waals surface area contributed by atoms with E-state index in [9.17, 15) is 10.2 Å². The van der Waals surface area contributed by atoms with Crippen LogP contribution in [0, 0.1) is 6.92 Å². The summed E-state index contributed by atoms with van der Waals surface area (Å²) in [7, 11) is 0. The van der Waals surface area contributed by atoms with Gasteiger partial charge in [0.15, 0.2) is 0 Å². The molecule has 0 bridgehead atoms. The van der Waals surface area contributed by atoms with Crippen molar-refractivity contribution in [2.24, 2.45) is 0 Å². The highest BCUT2D eigenvalue weighted by Gasteiger charge is 2.44. The Hall–Kier alpha value is -2.48. The lowest BCUT2D eigenvalue weighted by molar-refractivity contribution is -0.0166. The molecule has 2 unspecified atom stereocenters. The van der Waals surface area contributed by atoms with Gasteiger partial charge in [-0.3, -0.25) is 0 Å². The van der Waals surface area contributed by atoms with E-state index in [0.717, 1.165) is 42.0 Å². The third-order valence-corrected chi connectivity index (χ3v) is 6.04. The molecule has 7 nitrogen and oxygen atoms in total. The van der Waals surface area contributed by atoms with Gasteiger partial charge in [-0.15, -0.1) is 0 Å². The molecule has 4 atom stereocenters. The van der Waals surface area contributed by atoms with Crippen LogP contribution in [0.3, 0.4) is 0 Å². The van der Waals surface area contributed by atoms with Crippen LogP contribution in [0.4, 0.5) is 0 Å². The van der Waals surface area contributed by atoms with Crippen LogP contribution >= 0.6 is 0 Å². The van der Waals surface area contributed by atoms with Crippen LogP contribution < -0.4 is 10.1 Å². The Morgan fingerprint density at radius 3 is 2.96 bits per heavy atom. The summed E-state index contributed by atoms with van der Waals surface area (Å²) in [6.45, 7) is 3.69. The lowest BCUT2D eigenvalue weighted by atomic mass is 10.00. The van der Waals surface area contributed by atoms with E-state index in [1.165, 1.54) is 17.5 Å². The van der Waals surface area contributed by atoms with Gasteiger partial charge in [0.05, 0.1) is 11.7 Å². The number of benzene rings is 1. The Labute approximate surface area is 163 Å². The molecule has 1 fully saturated rings. The Kier molecular flexibility index (Phi) is 4.30. The third-order valence-electron chi connectivity index (χ3n) is 6.04. The Bertz CT molecular complexity index is 1020. The molecule has 3 heterocycles. The number of aliphatic hydroxyl groups is 2. The normalized spacial score (nSPS) is 27.1. The van der Waals surface area contributed by atoms with Gasteiger partial charge in [0.1, 0.15) is 36.0 Å². The van der Waals surface area contributed by atoms with Crippen LogP contribution in [0.2, 0.25) is 0 Å². The third kappa shape index (κ3) is 2.78. The SMILES string of the molecule is Cc1ncnc2c1ccn2C1CC(Oc2cccc3c2CCNC3)[C@@H](O)[C@H]1O. The molecule has 1 saturated carbocycles. The van der Waals surface area contributed by atoms with E-state index in [1.807, 2.05) is 35.9 Å². The molecular formula is C21H24N4O3. The molecule has 0 saturated heterocycles. The van der Waals surface area contributed by atoms with E-state index in [0.29, 0.717) is 6.42 Å². The summed E-state index contributed by atoms with van der Waals surface area (Å²) < 4.78 is 8.17. The molecule has 5 rings (SSSR count). The second-order valence-corrected chi connectivity index (χ2v) is 7.68. The fourth-order valence-electron chi connectivity index (χ4n) is 4.50. The van der Waals surface area contributed by atoms with Crippen molar-refractivity contribution in [3.63, 3.8) is 0 Å². The van der Waals surface area contributed by atoms with Crippen LogP contribution in [0.1, 0.15) is 29.3 Å². The predicted octanol–water partition coefficient (Wildman–Crippen LogP) is 1.50. The Balaban J connectivity index is 1.43. The van der Waals surface area contributed by atoms with Crippen molar-refractivity contribution in [2.45, 2.75) is 50.7 Å². The summed E-state index contributed by atoms with van der Waals surface area (Å²) in [6.07, 6.45) is 2.51. The molecule has 1 aliphatic carbocycles. The minimum Gasteiger partial charge on any atom is -0.487 e. The van der Waals surface area contributed by atoms with E-state index < -0.39 is 18.3 Å². The highest BCUT2D eigenvalue weighted by atomic mass is 16.5. The van der Waals surface area contributed by atoms with Crippen molar-refractivity contribution in [3.05, 3.63) is 53.6 Å². The maximum atomic E-state index is 10.7. The summed E-state index contributed by atoms with van der Waals surface area (Å²) in [5.74, 6) is 0.812. The van der Waals surface area contributed by atoms with Gasteiger partial charge in [0.2, 0.25) is 0 Å². The standard InChI is InChI=1S/C21H24N4O3/c1-12-14-6-8-25(21(14)24-11-23-12)16-9-18(20(27)19(16)26)28-17-4-2-3-13-10-22-7-5-15(13)17/h2-4,6,8,11,16,18-20,22,26-27H,5,7,9-10H2,1H3/t16?,18?,19-,20+/m0/s1. The second kappa shape index (κ2) is 6.84. The van der Waals surface area contributed by atoms with Crippen molar-refractivity contribution in [3.8, 4) is 5.75 Å². The van der Waals surface area contributed by atoms with Crippen molar-refractivity contribution in [2.75, 3.05) is 6.54 Å². The highest BCUT2D eigenvalue weighted by Crippen LogP contribution is 2.37. The summed E-state index contributed by atoms with van der Waals surface area (Å²) >= 11 is 0. The van der Waals surface area contributed by atoms with Crippen molar-refractivity contribution < 1.29 is 14.9 Å². The van der Waals surface area contributed by atoms with E-state index in [1.54, 1.807) is 0 Å². The van der Waals surface area contributed by atoms with Crippen LogP contribution in [-0.2, 0) is 13.0 Å². The molecule has 28 heavy (non-hydrogen) atoms. The monoisotopic (exact) mass is 380 g/mol. The molecule has 7 heteroatoms. The molecule has 146 valence electrons. The summed E-state index contributed by atoms with van der Waals surface area (Å²) in [5.41, 5.74) is 4.10. The molecule has 3 N–H and O–H groups in total. The van der Waals surface area contributed by atoms with E-state index in [2.05, 4.69) is 21.4 Å². The molecule has 0 radical (unpaired) electrons. The zero-order valence-electron chi connectivity index (χ0n) is 15.7. The fraction of sp³-hybridized carbons (Fsp3) is 0.429. The highest BCUT2D eigenvalue weighted by molar-refractivity contribution is 5.78. The number of fused-ring (bicyclic) bond motifs is 2. The first kappa shape index (κ1) is 17.6. The maximum Gasteiger partial charge on any atom is 0.143 e. The average molecular weight is 380 g/mol. The lowest BCUT2D eigenvalue weighted by Gasteiger charge is -2.24. The van der Waals surface area contributed by atoms with Gasteiger partial charge in [-0.25, -0.2) is 9.97 Å². The molecule has 1 aliphatic heterocycles. The molecule has 2 aliphatic rings. The van der Waals surface area contributed by atoms with Crippen LogP contribution in [0.15, 0.2) is 36.8 Å². The number of rotatable bonds is 3.